The van der Waals surface area contributed by atoms with Gasteiger partial charge in [-0.3, -0.25) is 14.9 Å². The normalized spacial score (nSPS) is 10.2. The molecule has 0 radical (unpaired) electrons. The van der Waals surface area contributed by atoms with Gasteiger partial charge in [-0.05, 0) is 30.3 Å². The SMILES string of the molecule is O=C(c1ccccc1)c1ccc(Nc2c(C(=O)O)cccc2[N+](=O)[O-])cc1. The van der Waals surface area contributed by atoms with E-state index >= 15 is 0 Å². The maximum absolute atomic E-state index is 12.4. The summed E-state index contributed by atoms with van der Waals surface area (Å²) in [6.45, 7) is 0. The lowest BCUT2D eigenvalue weighted by molar-refractivity contribution is -0.383. The van der Waals surface area contributed by atoms with Crippen LogP contribution < -0.4 is 5.32 Å². The minimum Gasteiger partial charge on any atom is -0.478 e. The largest absolute Gasteiger partial charge is 0.478 e. The highest BCUT2D eigenvalue weighted by atomic mass is 16.6. The molecule has 0 aromatic heterocycles. The number of carbonyl (C=O) groups is 2. The molecule has 0 atom stereocenters. The second-order valence-electron chi connectivity index (χ2n) is 5.66. The van der Waals surface area contributed by atoms with Gasteiger partial charge in [0, 0.05) is 22.9 Å². The molecule has 134 valence electrons. The second-order valence-corrected chi connectivity index (χ2v) is 5.66. The lowest BCUT2D eigenvalue weighted by atomic mass is 10.0. The van der Waals surface area contributed by atoms with Gasteiger partial charge in [0.25, 0.3) is 5.69 Å². The van der Waals surface area contributed by atoms with Crippen molar-refractivity contribution in [2.45, 2.75) is 0 Å². The van der Waals surface area contributed by atoms with E-state index in [1.54, 1.807) is 48.5 Å². The van der Waals surface area contributed by atoms with Crippen molar-refractivity contribution in [1.82, 2.24) is 0 Å². The van der Waals surface area contributed by atoms with E-state index < -0.39 is 10.9 Å². The second kappa shape index (κ2) is 7.49. The van der Waals surface area contributed by atoms with Crippen LogP contribution in [0.3, 0.4) is 0 Å². The van der Waals surface area contributed by atoms with Gasteiger partial charge in [-0.25, -0.2) is 4.79 Å². The average Bonchev–Trinajstić information content (AvgIpc) is 2.68. The summed E-state index contributed by atoms with van der Waals surface area (Å²) in [7, 11) is 0. The Morgan fingerprint density at radius 3 is 2.07 bits per heavy atom. The quantitative estimate of drug-likeness (QED) is 0.385. The number of rotatable bonds is 6. The lowest BCUT2D eigenvalue weighted by Gasteiger charge is -2.10. The third-order valence-electron chi connectivity index (χ3n) is 3.92. The number of nitrogens with zero attached hydrogens (tertiary/aromatic N) is 1. The molecular weight excluding hydrogens is 348 g/mol. The number of hydrogen-bond acceptors (Lipinski definition) is 5. The van der Waals surface area contributed by atoms with Crippen molar-refractivity contribution in [3.8, 4) is 0 Å². The minimum absolute atomic E-state index is 0.114. The molecule has 27 heavy (non-hydrogen) atoms. The Hall–Kier alpha value is -4.00. The van der Waals surface area contributed by atoms with Gasteiger partial charge in [-0.2, -0.15) is 0 Å². The predicted molar refractivity (Wildman–Crippen MR) is 99.7 cm³/mol. The van der Waals surface area contributed by atoms with Crippen molar-refractivity contribution < 1.29 is 19.6 Å². The summed E-state index contributed by atoms with van der Waals surface area (Å²) in [6, 6.07) is 18.9. The number of benzene rings is 3. The molecule has 0 saturated carbocycles. The monoisotopic (exact) mass is 362 g/mol. The van der Waals surface area contributed by atoms with Crippen LogP contribution in [-0.4, -0.2) is 21.8 Å². The Kier molecular flexibility index (Phi) is 4.94. The number of anilines is 2. The smallest absolute Gasteiger partial charge is 0.338 e. The number of nitro benzene ring substituents is 1. The molecule has 2 N–H and O–H groups in total. The van der Waals surface area contributed by atoms with Gasteiger partial charge in [-0.1, -0.05) is 36.4 Å². The molecule has 3 rings (SSSR count). The number of para-hydroxylation sites is 1. The van der Waals surface area contributed by atoms with Crippen molar-refractivity contribution in [2.24, 2.45) is 0 Å². The Morgan fingerprint density at radius 1 is 0.852 bits per heavy atom. The van der Waals surface area contributed by atoms with E-state index in [1.165, 1.54) is 18.2 Å². The number of hydrogen-bond donors (Lipinski definition) is 2. The summed E-state index contributed by atoms with van der Waals surface area (Å²) in [5.74, 6) is -1.43. The van der Waals surface area contributed by atoms with E-state index in [2.05, 4.69) is 5.32 Å². The van der Waals surface area contributed by atoms with E-state index in [9.17, 15) is 24.8 Å². The number of nitro groups is 1. The van der Waals surface area contributed by atoms with Gasteiger partial charge >= 0.3 is 5.97 Å². The molecule has 7 nitrogen and oxygen atoms in total. The number of carbonyl (C=O) groups excluding carboxylic acids is 1. The minimum atomic E-state index is -1.28. The summed E-state index contributed by atoms with van der Waals surface area (Å²) in [4.78, 5) is 34.4. The van der Waals surface area contributed by atoms with Crippen LogP contribution in [0.1, 0.15) is 26.3 Å². The molecule has 0 spiro atoms. The maximum atomic E-state index is 12.4. The van der Waals surface area contributed by atoms with E-state index in [1.807, 2.05) is 6.07 Å². The molecule has 0 aliphatic carbocycles. The van der Waals surface area contributed by atoms with Crippen LogP contribution in [0, 0.1) is 10.1 Å². The Morgan fingerprint density at radius 2 is 1.48 bits per heavy atom. The Labute approximate surface area is 154 Å². The van der Waals surface area contributed by atoms with Crippen LogP contribution in [0.5, 0.6) is 0 Å². The first-order chi connectivity index (χ1) is 13.0. The third-order valence-corrected chi connectivity index (χ3v) is 3.92. The topological polar surface area (TPSA) is 110 Å². The molecule has 0 aliphatic heterocycles. The third kappa shape index (κ3) is 3.82. The van der Waals surface area contributed by atoms with E-state index in [0.29, 0.717) is 16.8 Å². The summed E-state index contributed by atoms with van der Waals surface area (Å²) in [6.07, 6.45) is 0. The van der Waals surface area contributed by atoms with Crippen molar-refractivity contribution in [1.29, 1.82) is 0 Å². The molecule has 0 heterocycles. The van der Waals surface area contributed by atoms with Gasteiger partial charge in [-0.15, -0.1) is 0 Å². The zero-order valence-corrected chi connectivity index (χ0v) is 14.0. The maximum Gasteiger partial charge on any atom is 0.338 e. The van der Waals surface area contributed by atoms with E-state index in [4.69, 9.17) is 0 Å². The van der Waals surface area contributed by atoms with Crippen molar-refractivity contribution in [3.05, 3.63) is 99.6 Å². The predicted octanol–water partition coefficient (Wildman–Crippen LogP) is 4.27. The fraction of sp³-hybridized carbons (Fsp3) is 0. The Balaban J connectivity index is 1.91. The van der Waals surface area contributed by atoms with Crippen LogP contribution in [0.4, 0.5) is 17.1 Å². The van der Waals surface area contributed by atoms with Crippen LogP contribution in [0.25, 0.3) is 0 Å². The summed E-state index contributed by atoms with van der Waals surface area (Å²) < 4.78 is 0. The fourth-order valence-corrected chi connectivity index (χ4v) is 2.61. The number of nitrogens with one attached hydrogen (secondary N) is 1. The van der Waals surface area contributed by atoms with E-state index in [-0.39, 0.29) is 22.7 Å². The zero-order valence-electron chi connectivity index (χ0n) is 14.0. The molecular formula is C20H14N2O5. The molecule has 0 unspecified atom stereocenters. The number of carboxylic acids is 1. The first-order valence-electron chi connectivity index (χ1n) is 7.95. The molecule has 0 saturated heterocycles. The standard InChI is InChI=1S/C20H14N2O5/c23-19(13-5-2-1-3-6-13)14-9-11-15(12-10-14)21-18-16(20(24)25)7-4-8-17(18)22(26)27/h1-12,21H,(H,24,25). The van der Waals surface area contributed by atoms with Gasteiger partial charge in [0.15, 0.2) is 5.78 Å². The fourth-order valence-electron chi connectivity index (χ4n) is 2.61. The molecule has 3 aromatic carbocycles. The molecule has 0 bridgehead atoms. The van der Waals surface area contributed by atoms with Crippen molar-refractivity contribution in [3.63, 3.8) is 0 Å². The highest BCUT2D eigenvalue weighted by Crippen LogP contribution is 2.31. The summed E-state index contributed by atoms with van der Waals surface area (Å²) in [5, 5.41) is 23.3. The Bertz CT molecular complexity index is 982. The summed E-state index contributed by atoms with van der Waals surface area (Å²) in [5.41, 5.74) is 0.749. The molecule has 0 fully saturated rings. The van der Waals surface area contributed by atoms with E-state index in [0.717, 1.165) is 0 Å². The van der Waals surface area contributed by atoms with Gasteiger partial charge in [0.05, 0.1) is 10.5 Å². The highest BCUT2D eigenvalue weighted by molar-refractivity contribution is 6.09. The zero-order chi connectivity index (χ0) is 19.4. The molecule has 3 aromatic rings. The number of ketones is 1. The first-order valence-corrected chi connectivity index (χ1v) is 7.95. The number of aromatic carboxylic acids is 1. The number of carboxylic acid groups (broad SMARTS) is 1. The highest BCUT2D eigenvalue weighted by Gasteiger charge is 2.21. The van der Waals surface area contributed by atoms with Crippen molar-refractivity contribution in [2.75, 3.05) is 5.32 Å². The van der Waals surface area contributed by atoms with Crippen molar-refractivity contribution >= 4 is 28.8 Å². The van der Waals surface area contributed by atoms with Crippen LogP contribution >= 0.6 is 0 Å². The summed E-state index contributed by atoms with van der Waals surface area (Å²) >= 11 is 0. The van der Waals surface area contributed by atoms with Gasteiger partial charge < -0.3 is 10.4 Å². The molecule has 7 heteroatoms. The van der Waals surface area contributed by atoms with Crippen LogP contribution in [-0.2, 0) is 0 Å². The average molecular weight is 362 g/mol. The van der Waals surface area contributed by atoms with Gasteiger partial charge in [0.1, 0.15) is 5.69 Å². The molecule has 0 aliphatic rings. The first kappa shape index (κ1) is 17.8. The van der Waals surface area contributed by atoms with Gasteiger partial charge in [0.2, 0.25) is 0 Å². The lowest BCUT2D eigenvalue weighted by Crippen LogP contribution is -2.06. The van der Waals surface area contributed by atoms with Crippen LogP contribution in [0.15, 0.2) is 72.8 Å². The van der Waals surface area contributed by atoms with Crippen LogP contribution in [0.2, 0.25) is 0 Å². The molecule has 0 amide bonds.